The lowest BCUT2D eigenvalue weighted by Crippen LogP contribution is -2.47. The van der Waals surface area contributed by atoms with Crippen LogP contribution >= 0.6 is 0 Å². The zero-order chi connectivity index (χ0) is 7.56. The molecule has 0 aromatic carbocycles. The Morgan fingerprint density at radius 2 is 2.20 bits per heavy atom. The number of nitrogens with zero attached hydrogens (tertiary/aromatic N) is 1. The number of piperidine rings is 1. The van der Waals surface area contributed by atoms with E-state index in [-0.39, 0.29) is 6.17 Å². The molecular formula is C8H18N2. The summed E-state index contributed by atoms with van der Waals surface area (Å²) in [5.41, 5.74) is 5.78. The Kier molecular flexibility index (Phi) is 2.69. The van der Waals surface area contributed by atoms with Crippen molar-refractivity contribution >= 4 is 0 Å². The molecule has 60 valence electrons. The van der Waals surface area contributed by atoms with E-state index in [0.717, 1.165) is 0 Å². The van der Waals surface area contributed by atoms with Crippen LogP contribution in [0.1, 0.15) is 33.1 Å². The highest BCUT2D eigenvalue weighted by Crippen LogP contribution is 2.16. The molecule has 0 aromatic rings. The summed E-state index contributed by atoms with van der Waals surface area (Å²) < 4.78 is 0. The van der Waals surface area contributed by atoms with Gasteiger partial charge in [-0.2, -0.15) is 0 Å². The molecule has 0 aromatic heterocycles. The number of hydrogen-bond donors (Lipinski definition) is 1. The maximum atomic E-state index is 5.78. The second kappa shape index (κ2) is 3.35. The molecule has 1 aliphatic rings. The van der Waals surface area contributed by atoms with Crippen molar-refractivity contribution in [2.75, 3.05) is 6.54 Å². The van der Waals surface area contributed by atoms with Crippen LogP contribution in [-0.4, -0.2) is 23.7 Å². The molecule has 10 heavy (non-hydrogen) atoms. The molecule has 0 aliphatic carbocycles. The fraction of sp³-hybridized carbons (Fsp3) is 1.00. The fourth-order valence-electron chi connectivity index (χ4n) is 1.73. The summed E-state index contributed by atoms with van der Waals surface area (Å²) in [7, 11) is 0. The van der Waals surface area contributed by atoms with E-state index < -0.39 is 0 Å². The molecule has 0 saturated carbocycles. The lowest BCUT2D eigenvalue weighted by atomic mass is 10.0. The van der Waals surface area contributed by atoms with Crippen LogP contribution in [0, 0.1) is 0 Å². The van der Waals surface area contributed by atoms with Gasteiger partial charge in [0.25, 0.3) is 0 Å². The van der Waals surface area contributed by atoms with Crippen LogP contribution in [0.5, 0.6) is 0 Å². The van der Waals surface area contributed by atoms with Gasteiger partial charge in [0.05, 0.1) is 6.17 Å². The van der Waals surface area contributed by atoms with E-state index in [9.17, 15) is 0 Å². The maximum absolute atomic E-state index is 5.78. The van der Waals surface area contributed by atoms with E-state index in [1.54, 1.807) is 0 Å². The molecular weight excluding hydrogens is 124 g/mol. The SMILES string of the molecule is CC(N)N1CCCC[C@H]1C. The molecule has 0 bridgehead atoms. The summed E-state index contributed by atoms with van der Waals surface area (Å²) in [6.45, 7) is 5.53. The van der Waals surface area contributed by atoms with Gasteiger partial charge in [0.1, 0.15) is 0 Å². The van der Waals surface area contributed by atoms with Gasteiger partial charge in [0, 0.05) is 6.04 Å². The minimum atomic E-state index is 0.246. The monoisotopic (exact) mass is 142 g/mol. The molecule has 1 heterocycles. The van der Waals surface area contributed by atoms with Gasteiger partial charge in [0.15, 0.2) is 0 Å². The number of likely N-dealkylation sites (tertiary alicyclic amines) is 1. The van der Waals surface area contributed by atoms with Crippen molar-refractivity contribution in [2.24, 2.45) is 5.73 Å². The van der Waals surface area contributed by atoms with Gasteiger partial charge in [-0.3, -0.25) is 4.90 Å². The summed E-state index contributed by atoms with van der Waals surface area (Å²) >= 11 is 0. The normalized spacial score (nSPS) is 32.1. The van der Waals surface area contributed by atoms with Crippen LogP contribution in [0.3, 0.4) is 0 Å². The largest absolute Gasteiger partial charge is 0.316 e. The topological polar surface area (TPSA) is 29.3 Å². The Morgan fingerprint density at radius 1 is 1.50 bits per heavy atom. The molecule has 0 spiro atoms. The summed E-state index contributed by atoms with van der Waals surface area (Å²) in [5.74, 6) is 0. The molecule has 1 fully saturated rings. The van der Waals surface area contributed by atoms with Gasteiger partial charge < -0.3 is 5.73 Å². The van der Waals surface area contributed by atoms with Crippen molar-refractivity contribution in [3.63, 3.8) is 0 Å². The van der Waals surface area contributed by atoms with Gasteiger partial charge in [-0.05, 0) is 33.2 Å². The van der Waals surface area contributed by atoms with Gasteiger partial charge in [0.2, 0.25) is 0 Å². The number of nitrogens with two attached hydrogens (primary N) is 1. The lowest BCUT2D eigenvalue weighted by Gasteiger charge is -2.36. The van der Waals surface area contributed by atoms with Gasteiger partial charge in [-0.1, -0.05) is 6.42 Å². The predicted molar refractivity (Wildman–Crippen MR) is 43.7 cm³/mol. The highest BCUT2D eigenvalue weighted by atomic mass is 15.2. The van der Waals surface area contributed by atoms with Crippen LogP contribution in [0.15, 0.2) is 0 Å². The van der Waals surface area contributed by atoms with E-state index >= 15 is 0 Å². The standard InChI is InChI=1S/C8H18N2/c1-7-5-3-4-6-10(7)8(2)9/h7-8H,3-6,9H2,1-2H3/t7-,8?/m1/s1. The van der Waals surface area contributed by atoms with E-state index in [1.807, 2.05) is 0 Å². The van der Waals surface area contributed by atoms with Crippen molar-refractivity contribution in [1.29, 1.82) is 0 Å². The number of hydrogen-bond acceptors (Lipinski definition) is 2. The van der Waals surface area contributed by atoms with Crippen molar-refractivity contribution in [3.8, 4) is 0 Å². The fourth-order valence-corrected chi connectivity index (χ4v) is 1.73. The third kappa shape index (κ3) is 1.70. The molecule has 1 saturated heterocycles. The molecule has 2 N–H and O–H groups in total. The minimum Gasteiger partial charge on any atom is -0.316 e. The number of rotatable bonds is 1. The van der Waals surface area contributed by atoms with Crippen LogP contribution in [0.4, 0.5) is 0 Å². The van der Waals surface area contributed by atoms with Crippen LogP contribution in [0.25, 0.3) is 0 Å². The van der Waals surface area contributed by atoms with E-state index in [0.29, 0.717) is 6.04 Å². The first-order valence-electron chi connectivity index (χ1n) is 4.23. The van der Waals surface area contributed by atoms with Gasteiger partial charge >= 0.3 is 0 Å². The molecule has 2 heteroatoms. The zero-order valence-electron chi connectivity index (χ0n) is 7.01. The highest BCUT2D eigenvalue weighted by molar-refractivity contribution is 4.74. The predicted octanol–water partition coefficient (Wildman–Crippen LogP) is 1.17. The molecule has 2 atom stereocenters. The van der Waals surface area contributed by atoms with E-state index in [4.69, 9.17) is 5.73 Å². The Bertz CT molecular complexity index is 101. The molecule has 1 unspecified atom stereocenters. The van der Waals surface area contributed by atoms with E-state index in [1.165, 1.54) is 25.8 Å². The zero-order valence-corrected chi connectivity index (χ0v) is 7.01. The Hall–Kier alpha value is -0.0800. The summed E-state index contributed by atoms with van der Waals surface area (Å²) in [6, 6.07) is 0.703. The molecule has 1 aliphatic heterocycles. The quantitative estimate of drug-likeness (QED) is 0.595. The Balaban J connectivity index is 2.40. The van der Waals surface area contributed by atoms with Crippen molar-refractivity contribution in [1.82, 2.24) is 4.90 Å². The van der Waals surface area contributed by atoms with Crippen LogP contribution in [0.2, 0.25) is 0 Å². The smallest absolute Gasteiger partial charge is 0.0545 e. The minimum absolute atomic E-state index is 0.246. The third-order valence-electron chi connectivity index (χ3n) is 2.38. The Labute approximate surface area is 63.4 Å². The molecule has 2 nitrogen and oxygen atoms in total. The summed E-state index contributed by atoms with van der Waals surface area (Å²) in [6.07, 6.45) is 4.27. The van der Waals surface area contributed by atoms with E-state index in [2.05, 4.69) is 18.7 Å². The molecule has 0 amide bonds. The first-order valence-corrected chi connectivity index (χ1v) is 4.23. The van der Waals surface area contributed by atoms with Crippen molar-refractivity contribution in [3.05, 3.63) is 0 Å². The molecule has 1 rings (SSSR count). The van der Waals surface area contributed by atoms with Crippen LogP contribution < -0.4 is 5.73 Å². The summed E-state index contributed by atoms with van der Waals surface area (Å²) in [4.78, 5) is 2.38. The lowest BCUT2D eigenvalue weighted by molar-refractivity contribution is 0.117. The average Bonchev–Trinajstić information content (AvgIpc) is 1.88. The van der Waals surface area contributed by atoms with Crippen LogP contribution in [-0.2, 0) is 0 Å². The van der Waals surface area contributed by atoms with Gasteiger partial charge in [-0.15, -0.1) is 0 Å². The Morgan fingerprint density at radius 3 is 2.60 bits per heavy atom. The van der Waals surface area contributed by atoms with Gasteiger partial charge in [-0.25, -0.2) is 0 Å². The first kappa shape index (κ1) is 8.02. The first-order chi connectivity index (χ1) is 4.72. The summed E-state index contributed by atoms with van der Waals surface area (Å²) in [5, 5.41) is 0. The second-order valence-electron chi connectivity index (χ2n) is 3.32. The molecule has 0 radical (unpaired) electrons. The average molecular weight is 142 g/mol. The third-order valence-corrected chi connectivity index (χ3v) is 2.38. The second-order valence-corrected chi connectivity index (χ2v) is 3.32. The van der Waals surface area contributed by atoms with Crippen molar-refractivity contribution in [2.45, 2.75) is 45.3 Å². The maximum Gasteiger partial charge on any atom is 0.0545 e. The highest BCUT2D eigenvalue weighted by Gasteiger charge is 2.19. The van der Waals surface area contributed by atoms with Crippen molar-refractivity contribution < 1.29 is 0 Å².